The van der Waals surface area contributed by atoms with E-state index in [0.29, 0.717) is 6.54 Å². The van der Waals surface area contributed by atoms with Gasteiger partial charge >= 0.3 is 0 Å². The van der Waals surface area contributed by atoms with Crippen molar-refractivity contribution in [2.75, 3.05) is 20.8 Å². The predicted octanol–water partition coefficient (Wildman–Crippen LogP) is 1.97. The minimum Gasteiger partial charge on any atom is -0.504 e. The molecule has 14 heavy (non-hydrogen) atoms. The third-order valence-corrected chi connectivity index (χ3v) is 1.71. The van der Waals surface area contributed by atoms with Gasteiger partial charge in [0.25, 0.3) is 0 Å². The molecular formula is C11H19NO2. The summed E-state index contributed by atoms with van der Waals surface area (Å²) in [5.41, 5.74) is 6.59. The Balaban J connectivity index is 4.39. The van der Waals surface area contributed by atoms with Crippen LogP contribution in [0.2, 0.25) is 0 Å². The second-order valence-corrected chi connectivity index (χ2v) is 2.80. The molecule has 0 bridgehead atoms. The molecule has 3 heteroatoms. The van der Waals surface area contributed by atoms with E-state index in [-0.39, 0.29) is 0 Å². The molecule has 0 atom stereocenters. The Morgan fingerprint density at radius 1 is 1.29 bits per heavy atom. The predicted molar refractivity (Wildman–Crippen MR) is 58.7 cm³/mol. The fourth-order valence-corrected chi connectivity index (χ4v) is 0.837. The first-order valence-corrected chi connectivity index (χ1v) is 4.55. The Bertz CT molecular complexity index is 229. The van der Waals surface area contributed by atoms with E-state index in [1.165, 1.54) is 0 Å². The van der Waals surface area contributed by atoms with Crippen LogP contribution < -0.4 is 5.73 Å². The number of ether oxygens (including phenoxy) is 2. The van der Waals surface area contributed by atoms with Crippen molar-refractivity contribution in [3.63, 3.8) is 0 Å². The van der Waals surface area contributed by atoms with Crippen molar-refractivity contribution in [3.05, 3.63) is 35.8 Å². The SMILES string of the molecule is CO/C=C/C(=C\C=C(/C)OC)CCN. The van der Waals surface area contributed by atoms with E-state index in [1.807, 2.05) is 25.2 Å². The smallest absolute Gasteiger partial charge is 0.0924 e. The number of rotatable bonds is 6. The molecule has 0 radical (unpaired) electrons. The molecule has 80 valence electrons. The molecule has 0 fully saturated rings. The second kappa shape index (κ2) is 8.38. The van der Waals surface area contributed by atoms with Gasteiger partial charge in [-0.3, -0.25) is 0 Å². The molecule has 0 amide bonds. The topological polar surface area (TPSA) is 44.5 Å². The molecular weight excluding hydrogens is 178 g/mol. The highest BCUT2D eigenvalue weighted by Crippen LogP contribution is 2.04. The van der Waals surface area contributed by atoms with E-state index in [2.05, 4.69) is 0 Å². The summed E-state index contributed by atoms with van der Waals surface area (Å²) in [7, 11) is 3.26. The molecule has 0 aromatic rings. The van der Waals surface area contributed by atoms with Crippen molar-refractivity contribution >= 4 is 0 Å². The summed E-state index contributed by atoms with van der Waals surface area (Å²) in [6, 6.07) is 0. The highest BCUT2D eigenvalue weighted by Gasteiger charge is 1.90. The Kier molecular flexibility index (Phi) is 7.65. The van der Waals surface area contributed by atoms with Gasteiger partial charge in [0.2, 0.25) is 0 Å². The van der Waals surface area contributed by atoms with Gasteiger partial charge in [0, 0.05) is 0 Å². The van der Waals surface area contributed by atoms with Crippen LogP contribution in [-0.2, 0) is 9.47 Å². The van der Waals surface area contributed by atoms with Gasteiger partial charge in [-0.05, 0) is 37.6 Å². The van der Waals surface area contributed by atoms with Crippen molar-refractivity contribution in [1.29, 1.82) is 0 Å². The van der Waals surface area contributed by atoms with Gasteiger partial charge in [0.15, 0.2) is 0 Å². The van der Waals surface area contributed by atoms with Crippen LogP contribution in [-0.4, -0.2) is 20.8 Å². The van der Waals surface area contributed by atoms with E-state index in [1.54, 1.807) is 20.5 Å². The molecule has 0 aliphatic carbocycles. The van der Waals surface area contributed by atoms with E-state index < -0.39 is 0 Å². The van der Waals surface area contributed by atoms with Crippen molar-refractivity contribution in [2.45, 2.75) is 13.3 Å². The third kappa shape index (κ3) is 6.31. The molecule has 0 saturated heterocycles. The molecule has 0 aliphatic rings. The molecule has 0 aromatic heterocycles. The first-order valence-electron chi connectivity index (χ1n) is 4.55. The number of hydrogen-bond acceptors (Lipinski definition) is 3. The summed E-state index contributed by atoms with van der Waals surface area (Å²) in [5.74, 6) is 0.866. The van der Waals surface area contributed by atoms with E-state index in [4.69, 9.17) is 15.2 Å². The fraction of sp³-hybridized carbons (Fsp3) is 0.455. The lowest BCUT2D eigenvalue weighted by molar-refractivity contribution is 0.293. The maximum absolute atomic E-state index is 5.47. The highest BCUT2D eigenvalue weighted by atomic mass is 16.5. The van der Waals surface area contributed by atoms with Crippen LogP contribution in [0.3, 0.4) is 0 Å². The molecule has 0 rings (SSSR count). The van der Waals surface area contributed by atoms with Gasteiger partial charge in [0.05, 0.1) is 26.2 Å². The standard InChI is InChI=1S/C11H19NO2/c1-10(14-3)4-5-11(6-8-12)7-9-13-2/h4-5,7,9H,6,8,12H2,1-3H3/b9-7+,10-4+,11-5-. The number of hydrogen-bond donors (Lipinski definition) is 1. The lowest BCUT2D eigenvalue weighted by Gasteiger charge is -1.99. The molecule has 0 spiro atoms. The van der Waals surface area contributed by atoms with Crippen LogP contribution in [0.15, 0.2) is 35.8 Å². The average Bonchev–Trinajstić information content (AvgIpc) is 2.21. The van der Waals surface area contributed by atoms with Gasteiger partial charge in [-0.25, -0.2) is 0 Å². The van der Waals surface area contributed by atoms with Gasteiger partial charge in [-0.2, -0.15) is 0 Å². The Morgan fingerprint density at radius 3 is 2.50 bits per heavy atom. The van der Waals surface area contributed by atoms with Crippen LogP contribution in [0.4, 0.5) is 0 Å². The molecule has 0 heterocycles. The van der Waals surface area contributed by atoms with Crippen LogP contribution >= 0.6 is 0 Å². The molecule has 2 N–H and O–H groups in total. The second-order valence-electron chi connectivity index (χ2n) is 2.80. The Hall–Kier alpha value is -1.22. The minimum atomic E-state index is 0.625. The third-order valence-electron chi connectivity index (χ3n) is 1.71. The average molecular weight is 197 g/mol. The summed E-state index contributed by atoms with van der Waals surface area (Å²) < 4.78 is 9.85. The van der Waals surface area contributed by atoms with Crippen LogP contribution in [0.5, 0.6) is 0 Å². The van der Waals surface area contributed by atoms with Gasteiger partial charge in [-0.15, -0.1) is 0 Å². The van der Waals surface area contributed by atoms with E-state index in [0.717, 1.165) is 17.8 Å². The zero-order valence-corrected chi connectivity index (χ0v) is 9.12. The van der Waals surface area contributed by atoms with Crippen molar-refractivity contribution < 1.29 is 9.47 Å². The first kappa shape index (κ1) is 12.8. The monoisotopic (exact) mass is 197 g/mol. The minimum absolute atomic E-state index is 0.625. The lowest BCUT2D eigenvalue weighted by atomic mass is 10.1. The number of methoxy groups -OCH3 is 2. The normalized spacial score (nSPS) is 13.4. The van der Waals surface area contributed by atoms with Crippen molar-refractivity contribution in [1.82, 2.24) is 0 Å². The molecule has 0 aliphatic heterocycles. The van der Waals surface area contributed by atoms with E-state index >= 15 is 0 Å². The quantitative estimate of drug-likeness (QED) is 0.523. The molecule has 0 saturated carbocycles. The summed E-state index contributed by atoms with van der Waals surface area (Å²) in [6.07, 6.45) is 8.24. The van der Waals surface area contributed by atoms with Gasteiger partial charge < -0.3 is 15.2 Å². The van der Waals surface area contributed by atoms with Crippen LogP contribution in [0.1, 0.15) is 13.3 Å². The van der Waals surface area contributed by atoms with E-state index in [9.17, 15) is 0 Å². The van der Waals surface area contributed by atoms with Crippen molar-refractivity contribution in [3.8, 4) is 0 Å². The largest absolute Gasteiger partial charge is 0.504 e. The van der Waals surface area contributed by atoms with Crippen LogP contribution in [0.25, 0.3) is 0 Å². The zero-order valence-electron chi connectivity index (χ0n) is 9.12. The highest BCUT2D eigenvalue weighted by molar-refractivity contribution is 5.23. The summed E-state index contributed by atoms with van der Waals surface area (Å²) >= 11 is 0. The maximum Gasteiger partial charge on any atom is 0.0924 e. The molecule has 0 aromatic carbocycles. The molecule has 3 nitrogen and oxygen atoms in total. The Morgan fingerprint density at radius 2 is 2.00 bits per heavy atom. The van der Waals surface area contributed by atoms with Gasteiger partial charge in [0.1, 0.15) is 0 Å². The molecule has 0 unspecified atom stereocenters. The first-order chi connectivity index (χ1) is 6.74. The zero-order chi connectivity index (χ0) is 10.8. The van der Waals surface area contributed by atoms with Gasteiger partial charge in [-0.1, -0.05) is 6.08 Å². The van der Waals surface area contributed by atoms with Crippen LogP contribution in [0, 0.1) is 0 Å². The summed E-state index contributed by atoms with van der Waals surface area (Å²) in [5, 5.41) is 0. The fourth-order valence-electron chi connectivity index (χ4n) is 0.837. The maximum atomic E-state index is 5.47. The summed E-state index contributed by atoms with van der Waals surface area (Å²) in [4.78, 5) is 0. The number of nitrogens with two attached hydrogens (primary N) is 1. The summed E-state index contributed by atoms with van der Waals surface area (Å²) in [6.45, 7) is 2.52. The lowest BCUT2D eigenvalue weighted by Crippen LogP contribution is -1.99. The number of allylic oxidation sites excluding steroid dienone is 4. The Labute approximate surface area is 85.9 Å². The van der Waals surface area contributed by atoms with Crippen molar-refractivity contribution in [2.24, 2.45) is 5.73 Å².